The molecule has 0 bridgehead atoms. The van der Waals surface area contributed by atoms with Crippen molar-refractivity contribution in [3.05, 3.63) is 37.9 Å². The van der Waals surface area contributed by atoms with Crippen molar-refractivity contribution in [1.82, 2.24) is 10.2 Å². The number of H-pyrrole nitrogens is 1. The minimum atomic E-state index is -0.0297. The number of ether oxygens (including phenoxy) is 1. The lowest BCUT2D eigenvalue weighted by Gasteiger charge is -2.14. The average Bonchev–Trinajstić information content (AvgIpc) is 2.76. The van der Waals surface area contributed by atoms with Crippen LogP contribution in [-0.4, -0.2) is 15.6 Å². The Morgan fingerprint density at radius 1 is 1.53 bits per heavy atom. The van der Waals surface area contributed by atoms with Crippen LogP contribution >= 0.6 is 55.8 Å². The highest BCUT2D eigenvalue weighted by Gasteiger charge is 2.10. The van der Waals surface area contributed by atoms with E-state index < -0.39 is 0 Å². The fraction of sp³-hybridized carbons (Fsp3) is 0.273. The van der Waals surface area contributed by atoms with Crippen LogP contribution in [0.3, 0.4) is 0 Å². The van der Waals surface area contributed by atoms with E-state index in [0.29, 0.717) is 16.5 Å². The summed E-state index contributed by atoms with van der Waals surface area (Å²) in [6, 6.07) is 5.79. The highest BCUT2D eigenvalue weighted by atomic mass is 79.9. The summed E-state index contributed by atoms with van der Waals surface area (Å²) in [4.78, 5) is 0.292. The van der Waals surface area contributed by atoms with E-state index in [1.54, 1.807) is 11.8 Å². The molecule has 0 radical (unpaired) electrons. The topological polar surface area (TPSA) is 51.0 Å². The number of aromatic amines is 1. The Bertz CT molecular complexity index is 615. The van der Waals surface area contributed by atoms with E-state index in [1.165, 1.54) is 0 Å². The lowest BCUT2D eigenvalue weighted by molar-refractivity contribution is 0.305. The molecule has 0 aliphatic carbocycles. The molecule has 8 heteroatoms. The zero-order valence-corrected chi connectivity index (χ0v) is 14.7. The molecule has 1 N–H and O–H groups in total. The Morgan fingerprint density at radius 2 is 2.32 bits per heavy atom. The van der Waals surface area contributed by atoms with Crippen LogP contribution in [0.25, 0.3) is 0 Å². The number of benzene rings is 1. The lowest BCUT2D eigenvalue weighted by Crippen LogP contribution is -2.07. The first kappa shape index (κ1) is 15.1. The summed E-state index contributed by atoms with van der Waals surface area (Å²) in [5, 5.41) is 6.52. The van der Waals surface area contributed by atoms with E-state index in [9.17, 15) is 0 Å². The fourth-order valence-electron chi connectivity index (χ4n) is 1.29. The molecule has 0 spiro atoms. The Labute approximate surface area is 136 Å². The predicted molar refractivity (Wildman–Crippen MR) is 84.9 cm³/mol. The molecule has 0 aliphatic heterocycles. The second-order valence-corrected chi connectivity index (χ2v) is 7.00. The smallest absolute Gasteiger partial charge is 0.284 e. The Morgan fingerprint density at radius 3 is 2.95 bits per heavy atom. The Kier molecular flexibility index (Phi) is 5.49. The van der Waals surface area contributed by atoms with Crippen molar-refractivity contribution < 1.29 is 9.15 Å². The van der Waals surface area contributed by atoms with Gasteiger partial charge in [-0.2, -0.15) is 0 Å². The highest BCUT2D eigenvalue weighted by Crippen LogP contribution is 2.30. The van der Waals surface area contributed by atoms with Crippen molar-refractivity contribution in [1.29, 1.82) is 0 Å². The first-order chi connectivity index (χ1) is 9.04. The van der Waals surface area contributed by atoms with E-state index >= 15 is 0 Å². The molecule has 102 valence electrons. The van der Waals surface area contributed by atoms with Crippen LogP contribution in [0, 0.1) is 4.84 Å². The molecule has 2 aromatic rings. The average molecular weight is 426 g/mol. The number of thioether (sulfide) groups is 1. The highest BCUT2D eigenvalue weighted by molar-refractivity contribution is 9.11. The third kappa shape index (κ3) is 4.62. The Hall–Kier alpha value is -0.310. The number of nitrogens with zero attached hydrogens (tertiary/aromatic N) is 1. The van der Waals surface area contributed by atoms with Gasteiger partial charge in [-0.15, -0.1) is 16.9 Å². The molecular formula is C11H10Br2N2O2S2. The van der Waals surface area contributed by atoms with Gasteiger partial charge in [-0.05, 0) is 53.3 Å². The number of hydrogen-bond acceptors (Lipinski definition) is 5. The molecule has 0 saturated carbocycles. The zero-order valence-electron chi connectivity index (χ0n) is 9.85. The Balaban J connectivity index is 1.90. The van der Waals surface area contributed by atoms with Gasteiger partial charge in [0.15, 0.2) is 0 Å². The lowest BCUT2D eigenvalue weighted by atomic mass is 10.3. The van der Waals surface area contributed by atoms with Crippen LogP contribution < -0.4 is 4.74 Å². The standard InChI is InChI=1S/C11H10Br2N2O2S2/c1-6(19-5-10-14-15-11(18)17-10)16-9-3-2-7(12)4-8(9)13/h2-4,6H,5H2,1H3,(H,15,18). The maximum atomic E-state index is 5.82. The molecule has 0 amide bonds. The summed E-state index contributed by atoms with van der Waals surface area (Å²) in [5.74, 6) is 1.97. The third-order valence-corrected chi connectivity index (χ3v) is 4.38. The molecule has 1 heterocycles. The molecule has 4 nitrogen and oxygen atoms in total. The van der Waals surface area contributed by atoms with Gasteiger partial charge in [-0.3, -0.25) is 0 Å². The monoisotopic (exact) mass is 424 g/mol. The zero-order chi connectivity index (χ0) is 13.8. The van der Waals surface area contributed by atoms with Crippen molar-refractivity contribution in [3.63, 3.8) is 0 Å². The van der Waals surface area contributed by atoms with E-state index in [4.69, 9.17) is 21.4 Å². The van der Waals surface area contributed by atoms with Crippen LogP contribution in [0.4, 0.5) is 0 Å². The van der Waals surface area contributed by atoms with Gasteiger partial charge < -0.3 is 9.15 Å². The van der Waals surface area contributed by atoms with Gasteiger partial charge in [-0.1, -0.05) is 15.9 Å². The van der Waals surface area contributed by atoms with Crippen molar-refractivity contribution >= 4 is 55.8 Å². The van der Waals surface area contributed by atoms with Crippen LogP contribution in [0.2, 0.25) is 0 Å². The van der Waals surface area contributed by atoms with Gasteiger partial charge in [0.1, 0.15) is 11.2 Å². The number of hydrogen-bond donors (Lipinski definition) is 1. The second-order valence-electron chi connectivity index (χ2n) is 3.58. The summed E-state index contributed by atoms with van der Waals surface area (Å²) >= 11 is 13.2. The molecular weight excluding hydrogens is 416 g/mol. The summed E-state index contributed by atoms with van der Waals surface area (Å²) in [6.07, 6.45) is 0. The molecule has 1 aromatic heterocycles. The second kappa shape index (κ2) is 6.92. The quantitative estimate of drug-likeness (QED) is 0.544. The molecule has 1 atom stereocenters. The van der Waals surface area contributed by atoms with Crippen LogP contribution in [0.5, 0.6) is 5.75 Å². The van der Waals surface area contributed by atoms with Gasteiger partial charge in [-0.25, -0.2) is 5.10 Å². The van der Waals surface area contributed by atoms with Crippen molar-refractivity contribution in [2.24, 2.45) is 0 Å². The number of rotatable bonds is 5. The number of aromatic nitrogens is 2. The van der Waals surface area contributed by atoms with Crippen LogP contribution in [-0.2, 0) is 5.75 Å². The van der Waals surface area contributed by atoms with Gasteiger partial charge in [0.2, 0.25) is 5.89 Å². The minimum absolute atomic E-state index is 0.0297. The maximum absolute atomic E-state index is 5.82. The first-order valence-electron chi connectivity index (χ1n) is 5.32. The molecule has 1 aromatic carbocycles. The van der Waals surface area contributed by atoms with Gasteiger partial charge in [0.25, 0.3) is 4.84 Å². The molecule has 0 fully saturated rings. The fourth-order valence-corrected chi connectivity index (χ4v) is 3.25. The summed E-state index contributed by atoms with van der Waals surface area (Å²) in [6.45, 7) is 1.97. The normalized spacial score (nSPS) is 12.4. The maximum Gasteiger partial charge on any atom is 0.284 e. The number of halogens is 2. The van der Waals surface area contributed by atoms with Crippen molar-refractivity contribution in [2.45, 2.75) is 18.1 Å². The van der Waals surface area contributed by atoms with E-state index in [2.05, 4.69) is 42.1 Å². The van der Waals surface area contributed by atoms with E-state index in [1.807, 2.05) is 25.1 Å². The predicted octanol–water partition coefficient (Wildman–Crippen LogP) is 4.92. The molecule has 19 heavy (non-hydrogen) atoms. The van der Waals surface area contributed by atoms with Crippen LogP contribution in [0.15, 0.2) is 31.6 Å². The molecule has 0 saturated heterocycles. The first-order valence-corrected chi connectivity index (χ1v) is 8.36. The van der Waals surface area contributed by atoms with E-state index in [0.717, 1.165) is 14.7 Å². The molecule has 2 rings (SSSR count). The van der Waals surface area contributed by atoms with Crippen LogP contribution in [0.1, 0.15) is 12.8 Å². The minimum Gasteiger partial charge on any atom is -0.479 e. The van der Waals surface area contributed by atoms with Gasteiger partial charge >= 0.3 is 0 Å². The van der Waals surface area contributed by atoms with Gasteiger partial charge in [0.05, 0.1) is 10.2 Å². The van der Waals surface area contributed by atoms with E-state index in [-0.39, 0.29) is 5.44 Å². The summed E-state index contributed by atoms with van der Waals surface area (Å²) in [5.41, 5.74) is -0.0297. The third-order valence-electron chi connectivity index (χ3n) is 2.11. The molecule has 0 aliphatic rings. The van der Waals surface area contributed by atoms with Crippen molar-refractivity contribution in [3.8, 4) is 5.75 Å². The number of nitrogens with one attached hydrogen (secondary N) is 1. The van der Waals surface area contributed by atoms with Crippen molar-refractivity contribution in [2.75, 3.05) is 0 Å². The molecule has 1 unspecified atom stereocenters. The summed E-state index contributed by atoms with van der Waals surface area (Å²) < 4.78 is 12.9. The largest absolute Gasteiger partial charge is 0.479 e. The summed E-state index contributed by atoms with van der Waals surface area (Å²) in [7, 11) is 0. The SMILES string of the molecule is CC(Oc1ccc(Br)cc1Br)SCc1n[nH]c(=S)o1. The van der Waals surface area contributed by atoms with Gasteiger partial charge in [0, 0.05) is 4.47 Å².